The molecule has 0 saturated carbocycles. The maximum absolute atomic E-state index is 11.2. The molecule has 2 atom stereocenters. The Hall–Kier alpha value is -1.30. The van der Waals surface area contributed by atoms with E-state index in [2.05, 4.69) is 4.74 Å². The van der Waals surface area contributed by atoms with E-state index in [0.29, 0.717) is 0 Å². The van der Waals surface area contributed by atoms with Crippen LogP contribution < -0.4 is 0 Å². The van der Waals surface area contributed by atoms with Crippen molar-refractivity contribution in [2.75, 3.05) is 13.2 Å². The summed E-state index contributed by atoms with van der Waals surface area (Å²) in [5.74, 6) is -1.12. The molecular weight excluding hydrogens is 190 g/mol. The number of aliphatic hydroxyl groups is 1. The van der Waals surface area contributed by atoms with E-state index in [1.54, 1.807) is 6.92 Å². The maximum atomic E-state index is 11.2. The SMILES string of the molecule is CCOC(=O)N1CC(O)CC1C(=O)O. The molecule has 14 heavy (non-hydrogen) atoms. The van der Waals surface area contributed by atoms with Crippen molar-refractivity contribution < 1.29 is 24.5 Å². The van der Waals surface area contributed by atoms with Crippen molar-refractivity contribution >= 4 is 12.1 Å². The molecule has 0 aromatic carbocycles. The highest BCUT2D eigenvalue weighted by Gasteiger charge is 2.39. The molecule has 0 aromatic rings. The van der Waals surface area contributed by atoms with E-state index in [0.717, 1.165) is 4.90 Å². The highest BCUT2D eigenvalue weighted by Crippen LogP contribution is 2.18. The first-order valence-corrected chi connectivity index (χ1v) is 4.40. The second-order valence-corrected chi connectivity index (χ2v) is 3.09. The number of carboxylic acid groups (broad SMARTS) is 1. The molecule has 2 N–H and O–H groups in total. The number of carbonyl (C=O) groups excluding carboxylic acids is 1. The fourth-order valence-electron chi connectivity index (χ4n) is 1.46. The van der Waals surface area contributed by atoms with Crippen LogP contribution in [0.3, 0.4) is 0 Å². The fraction of sp³-hybridized carbons (Fsp3) is 0.750. The minimum absolute atomic E-state index is 0.0236. The van der Waals surface area contributed by atoms with Gasteiger partial charge in [0.15, 0.2) is 0 Å². The molecule has 0 spiro atoms. The van der Waals surface area contributed by atoms with Gasteiger partial charge in [-0.2, -0.15) is 0 Å². The third-order valence-corrected chi connectivity index (χ3v) is 2.07. The number of hydrogen-bond donors (Lipinski definition) is 2. The van der Waals surface area contributed by atoms with E-state index < -0.39 is 24.2 Å². The average molecular weight is 203 g/mol. The highest BCUT2D eigenvalue weighted by atomic mass is 16.6. The molecule has 1 aliphatic rings. The number of nitrogens with zero attached hydrogens (tertiary/aromatic N) is 1. The van der Waals surface area contributed by atoms with Crippen molar-refractivity contribution in [2.45, 2.75) is 25.5 Å². The lowest BCUT2D eigenvalue weighted by Gasteiger charge is -2.19. The van der Waals surface area contributed by atoms with Crippen molar-refractivity contribution in [1.29, 1.82) is 0 Å². The first-order chi connectivity index (χ1) is 6.56. The van der Waals surface area contributed by atoms with Crippen LogP contribution in [-0.4, -0.2) is 52.5 Å². The molecule has 1 heterocycles. The molecule has 0 aromatic heterocycles. The summed E-state index contributed by atoms with van der Waals surface area (Å²) in [5.41, 5.74) is 0. The predicted molar refractivity (Wildman–Crippen MR) is 45.8 cm³/mol. The first-order valence-electron chi connectivity index (χ1n) is 4.40. The van der Waals surface area contributed by atoms with Crippen LogP contribution in [-0.2, 0) is 9.53 Å². The quantitative estimate of drug-likeness (QED) is 0.641. The summed E-state index contributed by atoms with van der Waals surface area (Å²) in [6, 6.07) is -0.968. The van der Waals surface area contributed by atoms with Gasteiger partial charge < -0.3 is 14.9 Å². The summed E-state index contributed by atoms with van der Waals surface area (Å²) in [6.07, 6.45) is -1.40. The molecule has 6 heteroatoms. The van der Waals surface area contributed by atoms with Gasteiger partial charge in [0, 0.05) is 6.42 Å². The zero-order valence-electron chi connectivity index (χ0n) is 7.84. The third kappa shape index (κ3) is 2.14. The van der Waals surface area contributed by atoms with Crippen LogP contribution in [0.25, 0.3) is 0 Å². The molecule has 1 aliphatic heterocycles. The van der Waals surface area contributed by atoms with Crippen LogP contribution in [0, 0.1) is 0 Å². The maximum Gasteiger partial charge on any atom is 0.410 e. The second-order valence-electron chi connectivity index (χ2n) is 3.09. The number of carbonyl (C=O) groups is 2. The van der Waals surface area contributed by atoms with Gasteiger partial charge in [0.1, 0.15) is 6.04 Å². The third-order valence-electron chi connectivity index (χ3n) is 2.07. The molecule has 0 bridgehead atoms. The van der Waals surface area contributed by atoms with Crippen molar-refractivity contribution in [3.05, 3.63) is 0 Å². The average Bonchev–Trinajstić information content (AvgIpc) is 2.48. The minimum atomic E-state index is -1.12. The smallest absolute Gasteiger partial charge is 0.410 e. The lowest BCUT2D eigenvalue weighted by Crippen LogP contribution is -2.40. The van der Waals surface area contributed by atoms with Crippen molar-refractivity contribution in [3.8, 4) is 0 Å². The van der Waals surface area contributed by atoms with Gasteiger partial charge in [0.05, 0.1) is 19.3 Å². The minimum Gasteiger partial charge on any atom is -0.480 e. The van der Waals surface area contributed by atoms with E-state index in [1.807, 2.05) is 0 Å². The van der Waals surface area contributed by atoms with Gasteiger partial charge in [-0.05, 0) is 6.92 Å². The molecule has 6 nitrogen and oxygen atoms in total. The standard InChI is InChI=1S/C8H13NO5/c1-2-14-8(13)9-4-5(10)3-6(9)7(11)12/h5-6,10H,2-4H2,1H3,(H,11,12). The van der Waals surface area contributed by atoms with Crippen LogP contribution in [0.4, 0.5) is 4.79 Å². The Labute approximate surface area is 81.1 Å². The Morgan fingerprint density at radius 1 is 1.57 bits per heavy atom. The summed E-state index contributed by atoms with van der Waals surface area (Å²) in [7, 11) is 0. The number of hydrogen-bond acceptors (Lipinski definition) is 4. The summed E-state index contributed by atoms with van der Waals surface area (Å²) in [4.78, 5) is 23.0. The van der Waals surface area contributed by atoms with Gasteiger partial charge in [0.2, 0.25) is 0 Å². The molecule has 2 unspecified atom stereocenters. The number of rotatable bonds is 2. The van der Waals surface area contributed by atoms with Gasteiger partial charge in [-0.3, -0.25) is 4.90 Å². The van der Waals surface area contributed by atoms with Crippen molar-refractivity contribution in [1.82, 2.24) is 4.90 Å². The summed E-state index contributed by atoms with van der Waals surface area (Å²) in [5, 5.41) is 18.0. The van der Waals surface area contributed by atoms with Gasteiger partial charge in [0.25, 0.3) is 0 Å². The van der Waals surface area contributed by atoms with Gasteiger partial charge in [-0.25, -0.2) is 9.59 Å². The summed E-state index contributed by atoms with van der Waals surface area (Å²) < 4.78 is 4.67. The van der Waals surface area contributed by atoms with Crippen LogP contribution in [0.15, 0.2) is 0 Å². The lowest BCUT2D eigenvalue weighted by molar-refractivity contribution is -0.141. The number of carboxylic acids is 1. The summed E-state index contributed by atoms with van der Waals surface area (Å²) in [6.45, 7) is 1.85. The number of ether oxygens (including phenoxy) is 1. The second kappa shape index (κ2) is 4.28. The van der Waals surface area contributed by atoms with Gasteiger partial charge in [-0.1, -0.05) is 0 Å². The first kappa shape index (κ1) is 10.8. The van der Waals surface area contributed by atoms with Gasteiger partial charge >= 0.3 is 12.1 Å². The number of aliphatic hydroxyl groups excluding tert-OH is 1. The Balaban J connectivity index is 2.66. The van der Waals surface area contributed by atoms with Crippen LogP contribution in [0.1, 0.15) is 13.3 Å². The van der Waals surface area contributed by atoms with Gasteiger partial charge in [-0.15, -0.1) is 0 Å². The topological polar surface area (TPSA) is 87.1 Å². The predicted octanol–water partition coefficient (Wildman–Crippen LogP) is -0.337. The monoisotopic (exact) mass is 203 g/mol. The van der Waals surface area contributed by atoms with Crippen LogP contribution >= 0.6 is 0 Å². The Morgan fingerprint density at radius 2 is 2.21 bits per heavy atom. The van der Waals surface area contributed by atoms with E-state index in [9.17, 15) is 14.7 Å². The normalized spacial score (nSPS) is 26.3. The van der Waals surface area contributed by atoms with E-state index in [4.69, 9.17) is 5.11 Å². The van der Waals surface area contributed by atoms with E-state index in [-0.39, 0.29) is 19.6 Å². The Kier molecular flexibility index (Phi) is 3.29. The van der Waals surface area contributed by atoms with Crippen LogP contribution in [0.2, 0.25) is 0 Å². The molecule has 1 fully saturated rings. The summed E-state index contributed by atoms with van der Waals surface area (Å²) >= 11 is 0. The number of likely N-dealkylation sites (tertiary alicyclic amines) is 1. The highest BCUT2D eigenvalue weighted by molar-refractivity contribution is 5.80. The van der Waals surface area contributed by atoms with E-state index >= 15 is 0 Å². The zero-order valence-corrected chi connectivity index (χ0v) is 7.84. The molecule has 1 rings (SSSR count). The van der Waals surface area contributed by atoms with E-state index in [1.165, 1.54) is 0 Å². The fourth-order valence-corrected chi connectivity index (χ4v) is 1.46. The Bertz CT molecular complexity index is 242. The van der Waals surface area contributed by atoms with Crippen molar-refractivity contribution in [2.24, 2.45) is 0 Å². The number of aliphatic carboxylic acids is 1. The lowest BCUT2D eigenvalue weighted by atomic mass is 10.2. The molecule has 80 valence electrons. The zero-order chi connectivity index (χ0) is 10.7. The number of β-amino-alcohol motifs (C(OH)–C–C–N with tert-alkyl or cyclic N) is 1. The molecular formula is C8H13NO5. The largest absolute Gasteiger partial charge is 0.480 e. The Morgan fingerprint density at radius 3 is 2.71 bits per heavy atom. The molecule has 0 aliphatic carbocycles. The number of amides is 1. The molecule has 1 saturated heterocycles. The molecule has 1 amide bonds. The molecule has 0 radical (unpaired) electrons. The van der Waals surface area contributed by atoms with Crippen LogP contribution in [0.5, 0.6) is 0 Å². The van der Waals surface area contributed by atoms with Crippen molar-refractivity contribution in [3.63, 3.8) is 0 Å².